The van der Waals surface area contributed by atoms with Crippen molar-refractivity contribution in [1.29, 1.82) is 0 Å². The molecule has 0 fully saturated rings. The summed E-state index contributed by atoms with van der Waals surface area (Å²) in [7, 11) is 0. The fourth-order valence-electron chi connectivity index (χ4n) is 1.42. The third-order valence-corrected chi connectivity index (χ3v) is 1.97. The second-order valence-corrected chi connectivity index (χ2v) is 4.84. The van der Waals surface area contributed by atoms with Crippen LogP contribution in [0.2, 0.25) is 0 Å². The van der Waals surface area contributed by atoms with Crippen molar-refractivity contribution in [2.75, 3.05) is 5.32 Å². The van der Waals surface area contributed by atoms with Gasteiger partial charge >= 0.3 is 0 Å². The molecule has 0 aliphatic rings. The minimum Gasteiger partial charge on any atom is -0.351 e. The number of pyridine rings is 1. The normalized spacial score (nSPS) is 12.0. The fourth-order valence-corrected chi connectivity index (χ4v) is 1.42. The van der Waals surface area contributed by atoms with E-state index >= 15 is 0 Å². The van der Waals surface area contributed by atoms with E-state index in [9.17, 15) is 0 Å². The largest absolute Gasteiger partial charge is 0.351 e. The van der Waals surface area contributed by atoms with E-state index in [1.807, 2.05) is 19.2 Å². The molecule has 4 nitrogen and oxygen atoms in total. The number of rotatable bonds is 1. The Morgan fingerprint density at radius 2 is 2.07 bits per heavy atom. The lowest BCUT2D eigenvalue weighted by Gasteiger charge is -2.19. The molecule has 0 amide bonds. The first-order chi connectivity index (χ1) is 6.94. The molecule has 0 aromatic carbocycles. The van der Waals surface area contributed by atoms with E-state index in [4.69, 9.17) is 0 Å². The Kier molecular flexibility index (Phi) is 2.14. The molecule has 2 rings (SSSR count). The SMILES string of the molecule is Cc1cnc2nc(NC(C)(C)C)[nH]c2c1. The number of imidazole rings is 1. The van der Waals surface area contributed by atoms with Crippen LogP contribution in [0.3, 0.4) is 0 Å². The summed E-state index contributed by atoms with van der Waals surface area (Å²) in [5.74, 6) is 0.774. The molecule has 0 bridgehead atoms. The third kappa shape index (κ3) is 2.26. The van der Waals surface area contributed by atoms with Crippen molar-refractivity contribution in [2.45, 2.75) is 33.2 Å². The van der Waals surface area contributed by atoms with Gasteiger partial charge in [-0.05, 0) is 39.3 Å². The van der Waals surface area contributed by atoms with Crippen LogP contribution in [-0.2, 0) is 0 Å². The van der Waals surface area contributed by atoms with Crippen molar-refractivity contribution >= 4 is 17.1 Å². The zero-order valence-electron chi connectivity index (χ0n) is 9.55. The highest BCUT2D eigenvalue weighted by Gasteiger charge is 2.12. The molecule has 15 heavy (non-hydrogen) atoms. The predicted molar refractivity (Wildman–Crippen MR) is 62.0 cm³/mol. The molecule has 2 heterocycles. The first kappa shape index (κ1) is 9.96. The van der Waals surface area contributed by atoms with Crippen LogP contribution < -0.4 is 5.32 Å². The zero-order valence-corrected chi connectivity index (χ0v) is 9.55. The van der Waals surface area contributed by atoms with Gasteiger partial charge in [0.15, 0.2) is 5.65 Å². The monoisotopic (exact) mass is 204 g/mol. The maximum Gasteiger partial charge on any atom is 0.203 e. The molecule has 4 heteroatoms. The minimum absolute atomic E-state index is 0.00290. The Morgan fingerprint density at radius 3 is 2.73 bits per heavy atom. The molecule has 2 N–H and O–H groups in total. The number of anilines is 1. The van der Waals surface area contributed by atoms with Crippen LogP contribution in [-0.4, -0.2) is 20.5 Å². The van der Waals surface area contributed by atoms with Gasteiger partial charge in [0.05, 0.1) is 5.52 Å². The Labute approximate surface area is 89.1 Å². The second kappa shape index (κ2) is 3.22. The smallest absolute Gasteiger partial charge is 0.203 e. The standard InChI is InChI=1S/C11H16N4/c1-7-5-8-9(12-6-7)14-10(13-8)15-11(2,3)4/h5-6H,1-4H3,(H2,12,13,14,15). The Bertz CT molecular complexity index is 479. The highest BCUT2D eigenvalue weighted by atomic mass is 15.2. The lowest BCUT2D eigenvalue weighted by molar-refractivity contribution is 0.628. The van der Waals surface area contributed by atoms with Gasteiger partial charge in [0.2, 0.25) is 5.95 Å². The number of hydrogen-bond acceptors (Lipinski definition) is 3. The van der Waals surface area contributed by atoms with E-state index in [-0.39, 0.29) is 5.54 Å². The van der Waals surface area contributed by atoms with E-state index in [0.29, 0.717) is 0 Å². The summed E-state index contributed by atoms with van der Waals surface area (Å²) >= 11 is 0. The highest BCUT2D eigenvalue weighted by Crippen LogP contribution is 2.16. The second-order valence-electron chi connectivity index (χ2n) is 4.84. The van der Waals surface area contributed by atoms with Crippen molar-refractivity contribution in [1.82, 2.24) is 15.0 Å². The average molecular weight is 204 g/mol. The number of nitrogens with zero attached hydrogens (tertiary/aromatic N) is 2. The highest BCUT2D eigenvalue weighted by molar-refractivity contribution is 5.73. The lowest BCUT2D eigenvalue weighted by atomic mass is 10.1. The Balaban J connectivity index is 2.39. The van der Waals surface area contributed by atoms with Gasteiger partial charge in [0.25, 0.3) is 0 Å². The van der Waals surface area contributed by atoms with E-state index in [1.165, 1.54) is 0 Å². The molecule has 0 saturated heterocycles. The molecule has 80 valence electrons. The van der Waals surface area contributed by atoms with Crippen LogP contribution in [0.25, 0.3) is 11.2 Å². The van der Waals surface area contributed by atoms with Gasteiger partial charge in [0.1, 0.15) is 0 Å². The first-order valence-electron chi connectivity index (χ1n) is 5.05. The summed E-state index contributed by atoms with van der Waals surface area (Å²) in [6.45, 7) is 8.31. The van der Waals surface area contributed by atoms with Gasteiger partial charge in [-0.3, -0.25) is 0 Å². The van der Waals surface area contributed by atoms with Gasteiger partial charge in [-0.1, -0.05) is 0 Å². The van der Waals surface area contributed by atoms with Crippen molar-refractivity contribution in [3.8, 4) is 0 Å². The number of H-pyrrole nitrogens is 1. The molecular formula is C11H16N4. The summed E-state index contributed by atoms with van der Waals surface area (Å²) in [6.07, 6.45) is 1.82. The summed E-state index contributed by atoms with van der Waals surface area (Å²) in [5, 5.41) is 3.28. The van der Waals surface area contributed by atoms with E-state index in [1.54, 1.807) is 0 Å². The van der Waals surface area contributed by atoms with E-state index < -0.39 is 0 Å². The number of aromatic amines is 1. The Hall–Kier alpha value is -1.58. The third-order valence-electron chi connectivity index (χ3n) is 1.97. The number of fused-ring (bicyclic) bond motifs is 1. The van der Waals surface area contributed by atoms with Gasteiger partial charge in [-0.15, -0.1) is 0 Å². The minimum atomic E-state index is 0.00290. The molecule has 0 aliphatic heterocycles. The molecule has 0 unspecified atom stereocenters. The van der Waals surface area contributed by atoms with Crippen LogP contribution in [0, 0.1) is 6.92 Å². The van der Waals surface area contributed by atoms with Gasteiger partial charge < -0.3 is 10.3 Å². The summed E-state index contributed by atoms with van der Waals surface area (Å²) in [6, 6.07) is 2.04. The van der Waals surface area contributed by atoms with Gasteiger partial charge in [0, 0.05) is 11.7 Å². The summed E-state index contributed by atoms with van der Waals surface area (Å²) < 4.78 is 0. The van der Waals surface area contributed by atoms with Crippen LogP contribution in [0.15, 0.2) is 12.3 Å². The maximum absolute atomic E-state index is 4.36. The molecule has 2 aromatic heterocycles. The lowest BCUT2D eigenvalue weighted by Crippen LogP contribution is -2.26. The van der Waals surface area contributed by atoms with Gasteiger partial charge in [-0.2, -0.15) is 4.98 Å². The molecule has 0 aliphatic carbocycles. The van der Waals surface area contributed by atoms with E-state index in [2.05, 4.69) is 41.0 Å². The zero-order chi connectivity index (χ0) is 11.1. The number of aromatic nitrogens is 3. The number of hydrogen-bond donors (Lipinski definition) is 2. The van der Waals surface area contributed by atoms with Crippen molar-refractivity contribution in [3.05, 3.63) is 17.8 Å². The van der Waals surface area contributed by atoms with Crippen LogP contribution in [0.5, 0.6) is 0 Å². The molecule has 0 spiro atoms. The molecule has 0 atom stereocenters. The molecule has 2 aromatic rings. The molecular weight excluding hydrogens is 188 g/mol. The van der Waals surface area contributed by atoms with Crippen molar-refractivity contribution in [2.24, 2.45) is 0 Å². The average Bonchev–Trinajstić information content (AvgIpc) is 2.42. The molecule has 0 radical (unpaired) electrons. The van der Waals surface area contributed by atoms with Crippen molar-refractivity contribution < 1.29 is 0 Å². The predicted octanol–water partition coefficient (Wildman–Crippen LogP) is 2.48. The maximum atomic E-state index is 4.36. The topological polar surface area (TPSA) is 53.6 Å². The van der Waals surface area contributed by atoms with Crippen LogP contribution in [0.4, 0.5) is 5.95 Å². The summed E-state index contributed by atoms with van der Waals surface area (Å²) in [4.78, 5) is 11.8. The molecule has 0 saturated carbocycles. The van der Waals surface area contributed by atoms with Crippen LogP contribution in [0.1, 0.15) is 26.3 Å². The number of aryl methyl sites for hydroxylation is 1. The Morgan fingerprint density at radius 1 is 1.33 bits per heavy atom. The first-order valence-corrected chi connectivity index (χ1v) is 5.05. The van der Waals surface area contributed by atoms with E-state index in [0.717, 1.165) is 22.7 Å². The quantitative estimate of drug-likeness (QED) is 0.750. The summed E-state index contributed by atoms with van der Waals surface area (Å²) in [5.41, 5.74) is 2.87. The van der Waals surface area contributed by atoms with Crippen molar-refractivity contribution in [3.63, 3.8) is 0 Å². The number of nitrogens with one attached hydrogen (secondary N) is 2. The van der Waals surface area contributed by atoms with Crippen LogP contribution >= 0.6 is 0 Å². The fraction of sp³-hybridized carbons (Fsp3) is 0.455. The van der Waals surface area contributed by atoms with Gasteiger partial charge in [-0.25, -0.2) is 4.98 Å².